The zero-order valence-corrected chi connectivity index (χ0v) is 11.8. The van der Waals surface area contributed by atoms with Gasteiger partial charge < -0.3 is 5.73 Å². The number of thiophene rings is 1. The van der Waals surface area contributed by atoms with E-state index in [1.54, 1.807) is 11.3 Å². The molecule has 0 aliphatic heterocycles. The van der Waals surface area contributed by atoms with Crippen LogP contribution in [0.2, 0.25) is 0 Å². The van der Waals surface area contributed by atoms with Gasteiger partial charge in [-0.2, -0.15) is 0 Å². The van der Waals surface area contributed by atoms with Gasteiger partial charge in [-0.25, -0.2) is 0 Å². The highest BCUT2D eigenvalue weighted by Crippen LogP contribution is 2.38. The molecule has 0 saturated carbocycles. The Balaban J connectivity index is 1.74. The maximum absolute atomic E-state index is 6.34. The summed E-state index contributed by atoms with van der Waals surface area (Å²) in [6.07, 6.45) is 2.11. The maximum Gasteiger partial charge on any atom is 0.0314 e. The van der Waals surface area contributed by atoms with E-state index in [1.165, 1.54) is 20.5 Å². The molecular formula is C14H14BrNS. The van der Waals surface area contributed by atoms with Gasteiger partial charge in [-0.05, 0) is 51.3 Å². The Morgan fingerprint density at radius 1 is 1.35 bits per heavy atom. The summed E-state index contributed by atoms with van der Waals surface area (Å²) < 4.78 is 1.20. The van der Waals surface area contributed by atoms with Gasteiger partial charge in [0.15, 0.2) is 0 Å². The van der Waals surface area contributed by atoms with Crippen molar-refractivity contribution in [3.63, 3.8) is 0 Å². The zero-order valence-electron chi connectivity index (χ0n) is 9.40. The first-order valence-electron chi connectivity index (χ1n) is 5.81. The predicted molar refractivity (Wildman–Crippen MR) is 76.6 cm³/mol. The number of hydrogen-bond acceptors (Lipinski definition) is 2. The lowest BCUT2D eigenvalue weighted by Crippen LogP contribution is -2.37. The minimum atomic E-state index is 0.236. The van der Waals surface area contributed by atoms with Gasteiger partial charge in [-0.15, -0.1) is 11.3 Å². The standard InChI is InChI=1S/C14H14BrNS/c15-12-5-6-17-14(12)8-13(16)11-7-9-3-1-2-4-10(9)11/h1-6,11,13H,7-8,16H2. The summed E-state index contributed by atoms with van der Waals surface area (Å²) in [5.41, 5.74) is 9.26. The summed E-state index contributed by atoms with van der Waals surface area (Å²) in [6.45, 7) is 0. The normalized spacial score (nSPS) is 19.5. The molecule has 88 valence electrons. The van der Waals surface area contributed by atoms with Crippen LogP contribution in [0, 0.1) is 0 Å². The molecule has 17 heavy (non-hydrogen) atoms. The van der Waals surface area contributed by atoms with Gasteiger partial charge in [0.25, 0.3) is 0 Å². The highest BCUT2D eigenvalue weighted by Gasteiger charge is 2.30. The fourth-order valence-corrected chi connectivity index (χ4v) is 4.09. The average molecular weight is 308 g/mol. The van der Waals surface area contributed by atoms with Crippen molar-refractivity contribution in [1.29, 1.82) is 0 Å². The Morgan fingerprint density at radius 3 is 2.88 bits per heavy atom. The van der Waals surface area contributed by atoms with Crippen LogP contribution in [0.25, 0.3) is 0 Å². The summed E-state index contributed by atoms with van der Waals surface area (Å²) in [6, 6.07) is 11.0. The molecule has 3 rings (SSSR count). The molecule has 1 aromatic carbocycles. The van der Waals surface area contributed by atoms with Crippen LogP contribution in [0.3, 0.4) is 0 Å². The number of rotatable bonds is 3. The Hall–Kier alpha value is -0.640. The van der Waals surface area contributed by atoms with E-state index in [9.17, 15) is 0 Å². The summed E-state index contributed by atoms with van der Waals surface area (Å²) in [5.74, 6) is 0.542. The molecule has 0 spiro atoms. The van der Waals surface area contributed by atoms with Crippen molar-refractivity contribution in [2.75, 3.05) is 0 Å². The molecule has 2 aromatic rings. The summed E-state index contributed by atoms with van der Waals surface area (Å²) >= 11 is 5.35. The second kappa shape index (κ2) is 4.56. The molecule has 1 heterocycles. The second-order valence-corrected chi connectivity index (χ2v) is 6.42. The first-order valence-corrected chi connectivity index (χ1v) is 7.48. The Labute approximate surface area is 114 Å². The molecule has 2 N–H and O–H groups in total. The van der Waals surface area contributed by atoms with Crippen LogP contribution >= 0.6 is 27.3 Å². The molecule has 2 unspecified atom stereocenters. The molecule has 1 aliphatic carbocycles. The summed E-state index contributed by atoms with van der Waals surface area (Å²) in [4.78, 5) is 1.36. The zero-order chi connectivity index (χ0) is 11.8. The Morgan fingerprint density at radius 2 is 2.18 bits per heavy atom. The van der Waals surface area contributed by atoms with E-state index < -0.39 is 0 Å². The lowest BCUT2D eigenvalue weighted by atomic mass is 9.73. The van der Waals surface area contributed by atoms with Crippen LogP contribution < -0.4 is 5.73 Å². The average Bonchev–Trinajstić information content (AvgIpc) is 2.66. The van der Waals surface area contributed by atoms with Gasteiger partial charge in [0.2, 0.25) is 0 Å². The number of hydrogen-bond donors (Lipinski definition) is 1. The Kier molecular flexibility index (Phi) is 3.07. The highest BCUT2D eigenvalue weighted by atomic mass is 79.9. The third kappa shape index (κ3) is 2.07. The van der Waals surface area contributed by atoms with Crippen molar-refractivity contribution in [2.24, 2.45) is 5.73 Å². The van der Waals surface area contributed by atoms with Crippen molar-refractivity contribution in [3.05, 3.63) is 56.2 Å². The van der Waals surface area contributed by atoms with Gasteiger partial charge in [0, 0.05) is 21.3 Å². The molecule has 0 amide bonds. The van der Waals surface area contributed by atoms with E-state index in [1.807, 2.05) is 0 Å². The fraction of sp³-hybridized carbons (Fsp3) is 0.286. The predicted octanol–water partition coefficient (Wildman–Crippen LogP) is 3.72. The SMILES string of the molecule is NC(Cc1sccc1Br)C1Cc2ccccc21. The topological polar surface area (TPSA) is 26.0 Å². The Bertz CT molecular complexity index is 535. The smallest absolute Gasteiger partial charge is 0.0314 e. The van der Waals surface area contributed by atoms with Crippen LogP contribution in [0.15, 0.2) is 40.2 Å². The van der Waals surface area contributed by atoms with E-state index >= 15 is 0 Å². The minimum absolute atomic E-state index is 0.236. The molecule has 1 aliphatic rings. The molecule has 2 atom stereocenters. The summed E-state index contributed by atoms with van der Waals surface area (Å²) in [7, 11) is 0. The molecule has 0 saturated heterocycles. The van der Waals surface area contributed by atoms with Crippen molar-refractivity contribution in [1.82, 2.24) is 0 Å². The van der Waals surface area contributed by atoms with E-state index in [0.29, 0.717) is 5.92 Å². The van der Waals surface area contributed by atoms with Gasteiger partial charge >= 0.3 is 0 Å². The van der Waals surface area contributed by atoms with E-state index in [-0.39, 0.29) is 6.04 Å². The van der Waals surface area contributed by atoms with Crippen LogP contribution in [-0.4, -0.2) is 6.04 Å². The van der Waals surface area contributed by atoms with Gasteiger partial charge in [-0.3, -0.25) is 0 Å². The minimum Gasteiger partial charge on any atom is -0.327 e. The largest absolute Gasteiger partial charge is 0.327 e. The van der Waals surface area contributed by atoms with E-state index in [0.717, 1.165) is 12.8 Å². The van der Waals surface area contributed by atoms with E-state index in [4.69, 9.17) is 5.73 Å². The number of nitrogens with two attached hydrogens (primary N) is 1. The van der Waals surface area contributed by atoms with Crippen LogP contribution in [0.5, 0.6) is 0 Å². The highest BCUT2D eigenvalue weighted by molar-refractivity contribution is 9.10. The quantitative estimate of drug-likeness (QED) is 0.919. The third-order valence-corrected chi connectivity index (χ3v) is 5.47. The summed E-state index contributed by atoms with van der Waals surface area (Å²) in [5, 5.41) is 2.11. The molecule has 3 heteroatoms. The maximum atomic E-state index is 6.34. The first kappa shape index (κ1) is 11.5. The number of halogens is 1. The lowest BCUT2D eigenvalue weighted by molar-refractivity contribution is 0.482. The monoisotopic (exact) mass is 307 g/mol. The van der Waals surface area contributed by atoms with Gasteiger partial charge in [0.1, 0.15) is 0 Å². The van der Waals surface area contributed by atoms with Crippen molar-refractivity contribution in [3.8, 4) is 0 Å². The van der Waals surface area contributed by atoms with Crippen molar-refractivity contribution >= 4 is 27.3 Å². The number of fused-ring (bicyclic) bond motifs is 1. The van der Waals surface area contributed by atoms with Crippen LogP contribution in [-0.2, 0) is 12.8 Å². The lowest BCUT2D eigenvalue weighted by Gasteiger charge is -2.34. The van der Waals surface area contributed by atoms with Crippen molar-refractivity contribution < 1.29 is 0 Å². The molecule has 0 fully saturated rings. The van der Waals surface area contributed by atoms with Crippen LogP contribution in [0.1, 0.15) is 21.9 Å². The molecule has 1 aromatic heterocycles. The first-order chi connectivity index (χ1) is 8.25. The second-order valence-electron chi connectivity index (χ2n) is 4.57. The number of benzene rings is 1. The van der Waals surface area contributed by atoms with Gasteiger partial charge in [-0.1, -0.05) is 24.3 Å². The molecule has 0 bridgehead atoms. The fourth-order valence-electron chi connectivity index (χ4n) is 2.51. The van der Waals surface area contributed by atoms with E-state index in [2.05, 4.69) is 51.6 Å². The van der Waals surface area contributed by atoms with Gasteiger partial charge in [0.05, 0.1) is 0 Å². The molecule has 1 nitrogen and oxygen atoms in total. The van der Waals surface area contributed by atoms with Crippen LogP contribution in [0.4, 0.5) is 0 Å². The molecular weight excluding hydrogens is 294 g/mol. The van der Waals surface area contributed by atoms with Crippen molar-refractivity contribution in [2.45, 2.75) is 24.8 Å². The third-order valence-electron chi connectivity index (χ3n) is 3.52. The molecule has 0 radical (unpaired) electrons.